The molecule has 0 atom stereocenters. The van der Waals surface area contributed by atoms with E-state index in [1.54, 1.807) is 24.3 Å². The Kier molecular flexibility index (Phi) is 5.42. The van der Waals surface area contributed by atoms with E-state index in [-0.39, 0.29) is 22.6 Å². The molecular weight excluding hydrogens is 486 g/mol. The number of fused-ring (bicyclic) bond motifs is 2. The number of nitrogens with one attached hydrogen (secondary N) is 1. The zero-order chi connectivity index (χ0) is 25.7. The molecular formula is C28H21N5O3S. The largest absolute Gasteiger partial charge is 0.325 e. The Labute approximate surface area is 215 Å². The van der Waals surface area contributed by atoms with Gasteiger partial charge in [-0.05, 0) is 32.0 Å². The fraction of sp³-hybridized carbons (Fsp3) is 0.107. The van der Waals surface area contributed by atoms with E-state index < -0.39 is 11.5 Å². The molecule has 0 saturated heterocycles. The molecule has 1 aliphatic heterocycles. The van der Waals surface area contributed by atoms with Crippen molar-refractivity contribution in [3.8, 4) is 11.4 Å². The second kappa shape index (κ2) is 8.79. The van der Waals surface area contributed by atoms with Crippen LogP contribution in [0.4, 0.5) is 11.4 Å². The predicted octanol–water partition coefficient (Wildman–Crippen LogP) is 3.34. The van der Waals surface area contributed by atoms with Crippen molar-refractivity contribution in [1.82, 2.24) is 14.6 Å². The van der Waals surface area contributed by atoms with E-state index in [9.17, 15) is 14.4 Å². The van der Waals surface area contributed by atoms with E-state index in [1.165, 1.54) is 9.42 Å². The highest BCUT2D eigenvalue weighted by Crippen LogP contribution is 2.35. The molecule has 0 radical (unpaired) electrons. The molecule has 5 aromatic rings. The third kappa shape index (κ3) is 3.99. The molecule has 0 aliphatic carbocycles. The Balaban J connectivity index is 1.38. The van der Waals surface area contributed by atoms with Gasteiger partial charge in [-0.3, -0.25) is 19.3 Å². The summed E-state index contributed by atoms with van der Waals surface area (Å²) >= 11 is 1.12. The Hall–Kier alpha value is -4.63. The minimum atomic E-state index is -0.407. The molecule has 182 valence electrons. The average molecular weight is 508 g/mol. The van der Waals surface area contributed by atoms with Gasteiger partial charge < -0.3 is 5.32 Å². The van der Waals surface area contributed by atoms with E-state index in [1.807, 2.05) is 62.4 Å². The second-order valence-electron chi connectivity index (χ2n) is 8.93. The summed E-state index contributed by atoms with van der Waals surface area (Å²) in [4.78, 5) is 46.1. The number of carbonyl (C=O) groups excluding carboxylic acids is 2. The highest BCUT2D eigenvalue weighted by molar-refractivity contribution is 7.15. The maximum absolute atomic E-state index is 13.6. The molecule has 3 heterocycles. The number of aryl methyl sites for hydroxylation is 2. The Morgan fingerprint density at radius 2 is 1.59 bits per heavy atom. The molecule has 2 aromatic heterocycles. The van der Waals surface area contributed by atoms with Crippen LogP contribution >= 0.6 is 11.3 Å². The van der Waals surface area contributed by atoms with Gasteiger partial charge >= 0.3 is 0 Å². The lowest BCUT2D eigenvalue weighted by atomic mass is 10.1. The minimum Gasteiger partial charge on any atom is -0.325 e. The Morgan fingerprint density at radius 3 is 2.30 bits per heavy atom. The van der Waals surface area contributed by atoms with Crippen molar-refractivity contribution in [2.75, 3.05) is 16.8 Å². The van der Waals surface area contributed by atoms with Crippen molar-refractivity contribution in [2.24, 2.45) is 0 Å². The number of para-hydroxylation sites is 1. The summed E-state index contributed by atoms with van der Waals surface area (Å²) in [7, 11) is 0. The summed E-state index contributed by atoms with van der Waals surface area (Å²) < 4.78 is 1.49. The molecule has 37 heavy (non-hydrogen) atoms. The molecule has 1 aliphatic rings. The standard InChI is InChI=1S/C28H21N5O3S/c1-16-7-11-18(12-8-16)25-30-28-33(31-25)27(36)24(37-28)23-20-5-3-4-6-21(20)32(26(23)35)15-22(34)29-19-13-9-17(2)10-14-19/h3-14H,15H2,1-2H3,(H,29,34)/b24-23-. The lowest BCUT2D eigenvalue weighted by molar-refractivity contribution is -0.118. The third-order valence-electron chi connectivity index (χ3n) is 6.25. The molecule has 1 N–H and O–H groups in total. The zero-order valence-corrected chi connectivity index (χ0v) is 20.9. The topological polar surface area (TPSA) is 96.7 Å². The van der Waals surface area contributed by atoms with Crippen LogP contribution in [0.5, 0.6) is 0 Å². The molecule has 0 bridgehead atoms. The number of anilines is 2. The third-order valence-corrected chi connectivity index (χ3v) is 7.28. The van der Waals surface area contributed by atoms with E-state index in [0.717, 1.165) is 28.0 Å². The monoisotopic (exact) mass is 507 g/mol. The predicted molar refractivity (Wildman–Crippen MR) is 144 cm³/mol. The number of nitrogens with zero attached hydrogens (tertiary/aromatic N) is 4. The molecule has 8 nitrogen and oxygen atoms in total. The Bertz CT molecular complexity index is 1800. The number of hydrogen-bond acceptors (Lipinski definition) is 6. The van der Waals surface area contributed by atoms with Crippen LogP contribution in [0.15, 0.2) is 77.6 Å². The summed E-state index contributed by atoms with van der Waals surface area (Å²) in [5.74, 6) is -0.283. The number of amides is 2. The fourth-order valence-electron chi connectivity index (χ4n) is 4.35. The van der Waals surface area contributed by atoms with Crippen molar-refractivity contribution in [3.05, 3.63) is 104 Å². The summed E-state index contributed by atoms with van der Waals surface area (Å²) in [6.07, 6.45) is 0. The number of hydrogen-bond donors (Lipinski definition) is 1. The van der Waals surface area contributed by atoms with Crippen molar-refractivity contribution in [1.29, 1.82) is 0 Å². The molecule has 0 fully saturated rings. The lowest BCUT2D eigenvalue weighted by Gasteiger charge is -2.16. The number of carbonyl (C=O) groups is 2. The van der Waals surface area contributed by atoms with E-state index in [0.29, 0.717) is 27.7 Å². The SMILES string of the molecule is Cc1ccc(NC(=O)CN2C(=O)/C(=c3\sc4nc(-c5ccc(C)cc5)nn4c3=O)c3ccccc32)cc1. The molecule has 9 heteroatoms. The fourth-order valence-corrected chi connectivity index (χ4v) is 5.35. The van der Waals surface area contributed by atoms with Gasteiger partial charge in [0.1, 0.15) is 11.1 Å². The summed E-state index contributed by atoms with van der Waals surface area (Å²) in [5.41, 5.74) is 4.70. The van der Waals surface area contributed by atoms with Crippen LogP contribution in [0.3, 0.4) is 0 Å². The maximum Gasteiger partial charge on any atom is 0.291 e. The van der Waals surface area contributed by atoms with E-state index in [4.69, 9.17) is 0 Å². The van der Waals surface area contributed by atoms with Gasteiger partial charge in [-0.2, -0.15) is 9.50 Å². The van der Waals surface area contributed by atoms with Crippen molar-refractivity contribution >= 4 is 45.1 Å². The van der Waals surface area contributed by atoms with Gasteiger partial charge in [0.15, 0.2) is 5.82 Å². The number of thiazole rings is 1. The number of aromatic nitrogens is 3. The number of benzene rings is 3. The van der Waals surface area contributed by atoms with Crippen LogP contribution in [-0.4, -0.2) is 33.0 Å². The molecule has 0 saturated carbocycles. The van der Waals surface area contributed by atoms with Crippen LogP contribution < -0.4 is 20.3 Å². The highest BCUT2D eigenvalue weighted by atomic mass is 32.1. The minimum absolute atomic E-state index is 0.181. The second-order valence-corrected chi connectivity index (χ2v) is 9.91. The van der Waals surface area contributed by atoms with Crippen LogP contribution in [0.2, 0.25) is 0 Å². The zero-order valence-electron chi connectivity index (χ0n) is 20.1. The molecule has 0 spiro atoms. The number of rotatable bonds is 4. The first-order valence-corrected chi connectivity index (χ1v) is 12.5. The highest BCUT2D eigenvalue weighted by Gasteiger charge is 2.35. The van der Waals surface area contributed by atoms with Gasteiger partial charge in [0, 0.05) is 16.8 Å². The van der Waals surface area contributed by atoms with Crippen molar-refractivity contribution in [2.45, 2.75) is 13.8 Å². The molecule has 2 amide bonds. The van der Waals surface area contributed by atoms with Crippen LogP contribution in [0.25, 0.3) is 21.9 Å². The first kappa shape index (κ1) is 22.8. The normalized spacial score (nSPS) is 14.3. The quantitative estimate of drug-likeness (QED) is 0.403. The van der Waals surface area contributed by atoms with Gasteiger partial charge in [0.2, 0.25) is 10.9 Å². The first-order chi connectivity index (χ1) is 17.9. The average Bonchev–Trinajstić information content (AvgIpc) is 3.52. The van der Waals surface area contributed by atoms with Gasteiger partial charge in [0.05, 0.1) is 11.3 Å². The van der Waals surface area contributed by atoms with Crippen LogP contribution in [0.1, 0.15) is 16.7 Å². The summed E-state index contributed by atoms with van der Waals surface area (Å²) in [6, 6.07) is 22.3. The Morgan fingerprint density at radius 1 is 0.919 bits per heavy atom. The molecule has 3 aromatic carbocycles. The van der Waals surface area contributed by atoms with Gasteiger partial charge in [0.25, 0.3) is 11.5 Å². The van der Waals surface area contributed by atoms with Gasteiger partial charge in [-0.1, -0.05) is 77.1 Å². The van der Waals surface area contributed by atoms with E-state index in [2.05, 4.69) is 15.4 Å². The van der Waals surface area contributed by atoms with Gasteiger partial charge in [-0.15, -0.1) is 5.10 Å². The first-order valence-electron chi connectivity index (χ1n) is 11.7. The maximum atomic E-state index is 13.6. The van der Waals surface area contributed by atoms with Gasteiger partial charge in [-0.25, -0.2) is 0 Å². The van der Waals surface area contributed by atoms with E-state index >= 15 is 0 Å². The summed E-state index contributed by atoms with van der Waals surface area (Å²) in [5, 5.41) is 7.24. The summed E-state index contributed by atoms with van der Waals surface area (Å²) in [6.45, 7) is 3.78. The van der Waals surface area contributed by atoms with Crippen molar-refractivity contribution < 1.29 is 9.59 Å². The molecule has 0 unspecified atom stereocenters. The van der Waals surface area contributed by atoms with Crippen LogP contribution in [-0.2, 0) is 9.59 Å². The molecule has 6 rings (SSSR count). The lowest BCUT2D eigenvalue weighted by Crippen LogP contribution is -2.37. The van der Waals surface area contributed by atoms with Crippen molar-refractivity contribution in [3.63, 3.8) is 0 Å². The van der Waals surface area contributed by atoms with Crippen LogP contribution in [0, 0.1) is 13.8 Å². The smallest absolute Gasteiger partial charge is 0.291 e.